The van der Waals surface area contributed by atoms with Gasteiger partial charge in [0.2, 0.25) is 5.91 Å². The molecule has 0 fully saturated rings. The zero-order valence-corrected chi connectivity index (χ0v) is 19.7. The van der Waals surface area contributed by atoms with Gasteiger partial charge in [0.15, 0.2) is 0 Å². The summed E-state index contributed by atoms with van der Waals surface area (Å²) in [4.78, 5) is 41.7. The smallest absolute Gasteiger partial charge is 0.258 e. The van der Waals surface area contributed by atoms with Crippen LogP contribution in [0.25, 0.3) is 0 Å². The quantitative estimate of drug-likeness (QED) is 0.587. The molecule has 34 heavy (non-hydrogen) atoms. The molecule has 0 saturated heterocycles. The summed E-state index contributed by atoms with van der Waals surface area (Å²) in [6.07, 6.45) is 1.58. The van der Waals surface area contributed by atoms with Crippen LogP contribution in [-0.2, 0) is 4.79 Å². The van der Waals surface area contributed by atoms with Crippen molar-refractivity contribution in [1.29, 1.82) is 0 Å². The van der Waals surface area contributed by atoms with Crippen molar-refractivity contribution >= 4 is 29.1 Å². The fourth-order valence-electron chi connectivity index (χ4n) is 4.44. The highest BCUT2D eigenvalue weighted by Crippen LogP contribution is 2.36. The standard InChI is InChI=1S/C28H29N3O3/c1-19-9-4-5-10-23(19)27(33)29-22-16-14-21(15-17-22)28(34)31-18-8-13-25(30(3)20(2)32)24-11-6-7-12-26(24)31/h4-7,9-12,14-17,25H,8,13,18H2,1-3H3,(H,29,33). The third-order valence-electron chi connectivity index (χ3n) is 6.43. The minimum Gasteiger partial charge on any atom is -0.339 e. The van der Waals surface area contributed by atoms with Crippen molar-refractivity contribution < 1.29 is 14.4 Å². The van der Waals surface area contributed by atoms with Crippen LogP contribution >= 0.6 is 0 Å². The summed E-state index contributed by atoms with van der Waals surface area (Å²) in [5.41, 5.74) is 4.51. The van der Waals surface area contributed by atoms with Crippen LogP contribution in [0.15, 0.2) is 72.8 Å². The molecule has 1 atom stereocenters. The number of hydrogen-bond donors (Lipinski definition) is 1. The molecular weight excluding hydrogens is 426 g/mol. The number of rotatable bonds is 4. The van der Waals surface area contributed by atoms with Crippen LogP contribution in [0.3, 0.4) is 0 Å². The Balaban J connectivity index is 1.55. The van der Waals surface area contributed by atoms with Crippen LogP contribution in [0.4, 0.5) is 11.4 Å². The number of fused-ring (bicyclic) bond motifs is 1. The Labute approximate surface area is 200 Å². The van der Waals surface area contributed by atoms with E-state index >= 15 is 0 Å². The second kappa shape index (κ2) is 9.91. The van der Waals surface area contributed by atoms with Gasteiger partial charge in [-0.15, -0.1) is 0 Å². The molecule has 6 nitrogen and oxygen atoms in total. The molecule has 1 aliphatic heterocycles. The first-order valence-electron chi connectivity index (χ1n) is 11.5. The molecule has 1 N–H and O–H groups in total. The van der Waals surface area contributed by atoms with Crippen molar-refractivity contribution in [2.24, 2.45) is 0 Å². The van der Waals surface area contributed by atoms with Crippen molar-refractivity contribution in [3.63, 3.8) is 0 Å². The number of nitrogens with zero attached hydrogens (tertiary/aromatic N) is 2. The lowest BCUT2D eigenvalue weighted by Gasteiger charge is -2.29. The third kappa shape index (κ3) is 4.71. The number of carbonyl (C=O) groups excluding carboxylic acids is 3. The van der Waals surface area contributed by atoms with Crippen molar-refractivity contribution in [1.82, 2.24) is 4.90 Å². The number of para-hydroxylation sites is 1. The minimum absolute atomic E-state index is 0.00270. The number of anilines is 2. The molecule has 0 aromatic heterocycles. The average molecular weight is 456 g/mol. The predicted octanol–water partition coefficient (Wildman–Crippen LogP) is 5.21. The van der Waals surface area contributed by atoms with Crippen molar-refractivity contribution in [2.45, 2.75) is 32.7 Å². The van der Waals surface area contributed by atoms with E-state index in [1.165, 1.54) is 0 Å². The highest BCUT2D eigenvalue weighted by Gasteiger charge is 2.29. The van der Waals surface area contributed by atoms with E-state index in [0.717, 1.165) is 29.7 Å². The fourth-order valence-corrected chi connectivity index (χ4v) is 4.44. The van der Waals surface area contributed by atoms with Crippen molar-refractivity contribution in [3.05, 3.63) is 95.1 Å². The topological polar surface area (TPSA) is 69.7 Å². The maximum absolute atomic E-state index is 13.5. The molecule has 4 rings (SSSR count). The molecule has 0 aliphatic carbocycles. The van der Waals surface area contributed by atoms with Crippen molar-refractivity contribution in [3.8, 4) is 0 Å². The Morgan fingerprint density at radius 3 is 2.32 bits per heavy atom. The molecule has 3 amide bonds. The maximum atomic E-state index is 13.5. The zero-order valence-electron chi connectivity index (χ0n) is 19.7. The van der Waals surface area contributed by atoms with Crippen molar-refractivity contribution in [2.75, 3.05) is 23.8 Å². The Bertz CT molecular complexity index is 1220. The highest BCUT2D eigenvalue weighted by atomic mass is 16.2. The summed E-state index contributed by atoms with van der Waals surface area (Å²) < 4.78 is 0. The minimum atomic E-state index is -0.181. The van der Waals surface area contributed by atoms with Gasteiger partial charge in [-0.05, 0) is 67.3 Å². The first-order valence-corrected chi connectivity index (χ1v) is 11.5. The monoisotopic (exact) mass is 455 g/mol. The third-order valence-corrected chi connectivity index (χ3v) is 6.43. The molecular formula is C28H29N3O3. The van der Waals surface area contributed by atoms with E-state index in [4.69, 9.17) is 0 Å². The number of benzene rings is 3. The molecule has 0 bridgehead atoms. The second-order valence-corrected chi connectivity index (χ2v) is 8.65. The lowest BCUT2D eigenvalue weighted by atomic mass is 10.00. The summed E-state index contributed by atoms with van der Waals surface area (Å²) >= 11 is 0. The Kier molecular flexibility index (Phi) is 6.77. The SMILES string of the molecule is CC(=O)N(C)C1CCCN(C(=O)c2ccc(NC(=O)c3ccccc3C)cc2)c2ccccc21. The van der Waals surface area contributed by atoms with Gasteiger partial charge in [-0.3, -0.25) is 14.4 Å². The van der Waals surface area contributed by atoms with Gasteiger partial charge in [-0.25, -0.2) is 0 Å². The highest BCUT2D eigenvalue weighted by molar-refractivity contribution is 6.08. The summed E-state index contributed by atoms with van der Waals surface area (Å²) in [7, 11) is 1.81. The first-order chi connectivity index (χ1) is 16.4. The van der Waals surface area contributed by atoms with Gasteiger partial charge < -0.3 is 15.1 Å². The van der Waals surface area contributed by atoms with E-state index < -0.39 is 0 Å². The van der Waals surface area contributed by atoms with Crippen LogP contribution in [0.5, 0.6) is 0 Å². The molecule has 0 saturated carbocycles. The molecule has 3 aromatic rings. The number of nitrogens with one attached hydrogen (secondary N) is 1. The summed E-state index contributed by atoms with van der Waals surface area (Å²) in [6.45, 7) is 4.04. The molecule has 1 heterocycles. The lowest BCUT2D eigenvalue weighted by Crippen LogP contribution is -2.32. The molecule has 0 spiro atoms. The Morgan fingerprint density at radius 2 is 1.62 bits per heavy atom. The number of carbonyl (C=O) groups is 3. The first kappa shape index (κ1) is 23.2. The molecule has 174 valence electrons. The van der Waals surface area contributed by atoms with Gasteiger partial charge >= 0.3 is 0 Å². The van der Waals surface area contributed by atoms with Crippen LogP contribution in [0.2, 0.25) is 0 Å². The van der Waals surface area contributed by atoms with Gasteiger partial charge in [0.1, 0.15) is 0 Å². The van der Waals surface area contributed by atoms with Gasteiger partial charge in [-0.2, -0.15) is 0 Å². The van der Waals surface area contributed by atoms with Gasteiger partial charge in [0.05, 0.1) is 6.04 Å². The molecule has 6 heteroatoms. The van der Waals surface area contributed by atoms with Gasteiger partial charge in [0.25, 0.3) is 11.8 Å². The van der Waals surface area contributed by atoms with Crippen LogP contribution < -0.4 is 10.2 Å². The fraction of sp³-hybridized carbons (Fsp3) is 0.250. The largest absolute Gasteiger partial charge is 0.339 e. The predicted molar refractivity (Wildman–Crippen MR) is 134 cm³/mol. The van der Waals surface area contributed by atoms with E-state index in [2.05, 4.69) is 5.32 Å². The van der Waals surface area contributed by atoms with Crippen LogP contribution in [0.1, 0.15) is 57.7 Å². The summed E-state index contributed by atoms with van der Waals surface area (Å²) in [5, 5.41) is 2.90. The van der Waals surface area contributed by atoms with Gasteiger partial charge in [0, 0.05) is 43.0 Å². The molecule has 1 unspecified atom stereocenters. The van der Waals surface area contributed by atoms with E-state index in [1.807, 2.05) is 56.4 Å². The maximum Gasteiger partial charge on any atom is 0.258 e. The zero-order chi connectivity index (χ0) is 24.2. The van der Waals surface area contributed by atoms with E-state index in [-0.39, 0.29) is 23.8 Å². The molecule has 1 aliphatic rings. The Hall–Kier alpha value is -3.93. The average Bonchev–Trinajstić information content (AvgIpc) is 3.03. The molecule has 0 radical (unpaired) electrons. The number of amides is 3. The van der Waals surface area contributed by atoms with E-state index in [9.17, 15) is 14.4 Å². The number of hydrogen-bond acceptors (Lipinski definition) is 3. The van der Waals surface area contributed by atoms with E-state index in [1.54, 1.807) is 47.1 Å². The van der Waals surface area contributed by atoms with Gasteiger partial charge in [-0.1, -0.05) is 36.4 Å². The molecule has 3 aromatic carbocycles. The summed E-state index contributed by atoms with van der Waals surface area (Å²) in [6, 6.07) is 22.1. The normalized spacial score (nSPS) is 15.1. The lowest BCUT2D eigenvalue weighted by molar-refractivity contribution is -0.129. The summed E-state index contributed by atoms with van der Waals surface area (Å²) in [5.74, 6) is -0.280. The van der Waals surface area contributed by atoms with Crippen LogP contribution in [-0.4, -0.2) is 36.2 Å². The van der Waals surface area contributed by atoms with E-state index in [0.29, 0.717) is 23.4 Å². The Morgan fingerprint density at radius 1 is 0.941 bits per heavy atom. The second-order valence-electron chi connectivity index (χ2n) is 8.65. The van der Waals surface area contributed by atoms with Crippen LogP contribution in [0, 0.1) is 6.92 Å². The number of aryl methyl sites for hydroxylation is 1.